The van der Waals surface area contributed by atoms with E-state index in [-0.39, 0.29) is 5.41 Å². The first kappa shape index (κ1) is 12.1. The average molecular weight is 207 g/mol. The Labute approximate surface area is 92.1 Å². The van der Waals surface area contributed by atoms with Crippen molar-refractivity contribution < 1.29 is 5.11 Å². The number of phenols is 1. The number of benzene rings is 1. The van der Waals surface area contributed by atoms with Gasteiger partial charge in [0.05, 0.1) is 0 Å². The molecule has 0 aliphatic heterocycles. The Kier molecular flexibility index (Phi) is 3.40. The average Bonchev–Trinajstić information content (AvgIpc) is 2.09. The predicted molar refractivity (Wildman–Crippen MR) is 64.3 cm³/mol. The molecule has 3 N–H and O–H groups in total. The summed E-state index contributed by atoms with van der Waals surface area (Å²) in [5.74, 6) is 0.420. The second kappa shape index (κ2) is 4.23. The number of aromatic hydroxyl groups is 1. The Bertz CT molecular complexity index is 350. The molecule has 0 fully saturated rings. The summed E-state index contributed by atoms with van der Waals surface area (Å²) in [6, 6.07) is 4.08. The van der Waals surface area contributed by atoms with Crippen LogP contribution in [0.1, 0.15) is 37.5 Å². The minimum absolute atomic E-state index is 0.0283. The van der Waals surface area contributed by atoms with Crippen molar-refractivity contribution in [1.29, 1.82) is 0 Å². The first-order chi connectivity index (χ1) is 6.86. The molecule has 1 aromatic rings. The zero-order valence-electron chi connectivity index (χ0n) is 10.1. The van der Waals surface area contributed by atoms with Crippen molar-refractivity contribution in [2.75, 3.05) is 6.54 Å². The lowest BCUT2D eigenvalue weighted by Crippen LogP contribution is -2.13. The number of hydrogen-bond donors (Lipinski definition) is 2. The van der Waals surface area contributed by atoms with Crippen LogP contribution in [0.4, 0.5) is 0 Å². The number of hydrogen-bond acceptors (Lipinski definition) is 2. The second-order valence-corrected chi connectivity index (χ2v) is 5.10. The molecule has 15 heavy (non-hydrogen) atoms. The zero-order chi connectivity index (χ0) is 11.6. The molecule has 0 radical (unpaired) electrons. The normalized spacial score (nSPS) is 11.8. The Balaban J connectivity index is 3.25. The van der Waals surface area contributed by atoms with Crippen LogP contribution >= 0.6 is 0 Å². The van der Waals surface area contributed by atoms with Crippen molar-refractivity contribution in [1.82, 2.24) is 0 Å². The molecule has 0 aromatic heterocycles. The van der Waals surface area contributed by atoms with Gasteiger partial charge in [0.25, 0.3) is 0 Å². The van der Waals surface area contributed by atoms with Gasteiger partial charge in [0.1, 0.15) is 5.75 Å². The van der Waals surface area contributed by atoms with E-state index in [4.69, 9.17) is 5.73 Å². The van der Waals surface area contributed by atoms with Gasteiger partial charge in [0.2, 0.25) is 0 Å². The first-order valence-corrected chi connectivity index (χ1v) is 5.39. The molecule has 0 aliphatic rings. The molecule has 2 nitrogen and oxygen atoms in total. The Hall–Kier alpha value is -1.02. The van der Waals surface area contributed by atoms with Crippen LogP contribution in [0, 0.1) is 6.92 Å². The summed E-state index contributed by atoms with van der Waals surface area (Å²) in [6.07, 6.45) is 0.865. The molecule has 84 valence electrons. The van der Waals surface area contributed by atoms with Gasteiger partial charge in [-0.1, -0.05) is 32.9 Å². The lowest BCUT2D eigenvalue weighted by atomic mass is 9.84. The van der Waals surface area contributed by atoms with Crippen LogP contribution in [-0.4, -0.2) is 11.7 Å². The molecule has 0 bridgehead atoms. The monoisotopic (exact) mass is 207 g/mol. The van der Waals surface area contributed by atoms with Crippen molar-refractivity contribution in [3.63, 3.8) is 0 Å². The Morgan fingerprint density at radius 1 is 1.27 bits per heavy atom. The first-order valence-electron chi connectivity index (χ1n) is 5.39. The minimum atomic E-state index is -0.0283. The molecule has 1 rings (SSSR count). The molecule has 1 aromatic carbocycles. The third-order valence-corrected chi connectivity index (χ3v) is 2.60. The molecule has 0 spiro atoms. The van der Waals surface area contributed by atoms with E-state index in [2.05, 4.69) is 26.8 Å². The van der Waals surface area contributed by atoms with E-state index in [1.807, 2.05) is 13.0 Å². The lowest BCUT2D eigenvalue weighted by molar-refractivity contribution is 0.442. The SMILES string of the molecule is Cc1cc(CCN)cc(C(C)(C)C)c1O. The molecule has 0 heterocycles. The van der Waals surface area contributed by atoms with Crippen LogP contribution in [0.25, 0.3) is 0 Å². The summed E-state index contributed by atoms with van der Waals surface area (Å²) < 4.78 is 0. The molecular weight excluding hydrogens is 186 g/mol. The van der Waals surface area contributed by atoms with Crippen LogP contribution in [0.2, 0.25) is 0 Å². The van der Waals surface area contributed by atoms with Gasteiger partial charge < -0.3 is 10.8 Å². The molecule has 0 aliphatic carbocycles. The summed E-state index contributed by atoms with van der Waals surface area (Å²) >= 11 is 0. The third-order valence-electron chi connectivity index (χ3n) is 2.60. The van der Waals surface area contributed by atoms with Gasteiger partial charge in [-0.05, 0) is 42.0 Å². The summed E-state index contributed by atoms with van der Waals surface area (Å²) in [5.41, 5.74) is 8.66. The fourth-order valence-electron chi connectivity index (χ4n) is 1.74. The standard InChI is InChI=1S/C13H21NO/c1-9-7-10(5-6-14)8-11(12(9)15)13(2,3)4/h7-8,15H,5-6,14H2,1-4H3. The van der Waals surface area contributed by atoms with E-state index < -0.39 is 0 Å². The topological polar surface area (TPSA) is 46.2 Å². The number of nitrogens with two attached hydrogens (primary N) is 1. The van der Waals surface area contributed by atoms with Gasteiger partial charge >= 0.3 is 0 Å². The molecule has 2 heteroatoms. The van der Waals surface area contributed by atoms with E-state index in [0.29, 0.717) is 12.3 Å². The summed E-state index contributed by atoms with van der Waals surface area (Å²) in [7, 11) is 0. The predicted octanol–water partition coefficient (Wildman–Crippen LogP) is 2.50. The highest BCUT2D eigenvalue weighted by atomic mass is 16.3. The highest BCUT2D eigenvalue weighted by molar-refractivity contribution is 5.46. The van der Waals surface area contributed by atoms with Crippen LogP contribution in [0.5, 0.6) is 5.75 Å². The summed E-state index contributed by atoms with van der Waals surface area (Å²) in [4.78, 5) is 0. The highest BCUT2D eigenvalue weighted by Crippen LogP contribution is 2.33. The molecule has 0 atom stereocenters. The van der Waals surface area contributed by atoms with Gasteiger partial charge in [-0.15, -0.1) is 0 Å². The maximum Gasteiger partial charge on any atom is 0.122 e. The van der Waals surface area contributed by atoms with Crippen molar-refractivity contribution in [3.8, 4) is 5.75 Å². The van der Waals surface area contributed by atoms with E-state index >= 15 is 0 Å². The van der Waals surface area contributed by atoms with Crippen LogP contribution in [0.3, 0.4) is 0 Å². The van der Waals surface area contributed by atoms with Crippen molar-refractivity contribution in [2.45, 2.75) is 39.5 Å². The fraction of sp³-hybridized carbons (Fsp3) is 0.538. The quantitative estimate of drug-likeness (QED) is 0.782. The molecule has 0 unspecified atom stereocenters. The fourth-order valence-corrected chi connectivity index (χ4v) is 1.74. The largest absolute Gasteiger partial charge is 0.507 e. The zero-order valence-corrected chi connectivity index (χ0v) is 10.1. The van der Waals surface area contributed by atoms with Gasteiger partial charge in [-0.2, -0.15) is 0 Å². The van der Waals surface area contributed by atoms with Gasteiger partial charge in [0, 0.05) is 0 Å². The Morgan fingerprint density at radius 3 is 2.33 bits per heavy atom. The maximum atomic E-state index is 9.99. The number of aryl methyl sites for hydroxylation is 1. The molecule has 0 saturated heterocycles. The van der Waals surface area contributed by atoms with Crippen molar-refractivity contribution >= 4 is 0 Å². The van der Waals surface area contributed by atoms with Crippen molar-refractivity contribution in [3.05, 3.63) is 28.8 Å². The smallest absolute Gasteiger partial charge is 0.122 e. The van der Waals surface area contributed by atoms with Crippen molar-refractivity contribution in [2.24, 2.45) is 5.73 Å². The molecule has 0 amide bonds. The molecular formula is C13H21NO. The molecule has 0 saturated carbocycles. The van der Waals surface area contributed by atoms with E-state index in [1.54, 1.807) is 0 Å². The minimum Gasteiger partial charge on any atom is -0.507 e. The van der Waals surface area contributed by atoms with E-state index in [0.717, 1.165) is 17.5 Å². The van der Waals surface area contributed by atoms with Crippen LogP contribution in [0.15, 0.2) is 12.1 Å². The Morgan fingerprint density at radius 2 is 1.87 bits per heavy atom. The maximum absolute atomic E-state index is 9.99. The second-order valence-electron chi connectivity index (χ2n) is 5.10. The van der Waals surface area contributed by atoms with Gasteiger partial charge in [-0.25, -0.2) is 0 Å². The van der Waals surface area contributed by atoms with Crippen LogP contribution in [-0.2, 0) is 11.8 Å². The van der Waals surface area contributed by atoms with Gasteiger partial charge in [0.15, 0.2) is 0 Å². The third kappa shape index (κ3) is 2.72. The highest BCUT2D eigenvalue weighted by Gasteiger charge is 2.19. The van der Waals surface area contributed by atoms with E-state index in [1.165, 1.54) is 5.56 Å². The number of rotatable bonds is 2. The summed E-state index contributed by atoms with van der Waals surface area (Å²) in [6.45, 7) is 8.90. The van der Waals surface area contributed by atoms with Crippen LogP contribution < -0.4 is 5.73 Å². The number of phenolic OH excluding ortho intramolecular Hbond substituents is 1. The van der Waals surface area contributed by atoms with E-state index in [9.17, 15) is 5.11 Å². The summed E-state index contributed by atoms with van der Waals surface area (Å²) in [5, 5.41) is 9.99. The lowest BCUT2D eigenvalue weighted by Gasteiger charge is -2.22. The van der Waals surface area contributed by atoms with Gasteiger partial charge in [-0.3, -0.25) is 0 Å².